The van der Waals surface area contributed by atoms with Crippen LogP contribution in [0.15, 0.2) is 64.8 Å². The topological polar surface area (TPSA) is 88.5 Å². The Morgan fingerprint density at radius 3 is 2.76 bits per heavy atom. The minimum atomic E-state index is -0.937. The third kappa shape index (κ3) is 10.0. The maximum absolute atomic E-state index is 12.8. The van der Waals surface area contributed by atoms with Crippen molar-refractivity contribution in [1.29, 1.82) is 0 Å². The van der Waals surface area contributed by atoms with Crippen molar-refractivity contribution < 1.29 is 28.9 Å². The van der Waals surface area contributed by atoms with Gasteiger partial charge in [-0.2, -0.15) is 11.3 Å². The van der Waals surface area contributed by atoms with E-state index in [1.807, 2.05) is 46.2 Å². The molecule has 4 rings (SSSR count). The van der Waals surface area contributed by atoms with E-state index in [1.54, 1.807) is 34.9 Å². The number of hydrogen-bond donors (Lipinski definition) is 1. The number of thioether (sulfide) groups is 1. The van der Waals surface area contributed by atoms with Crippen LogP contribution in [0.4, 0.5) is 4.79 Å². The first kappa shape index (κ1) is 30.8. The molecule has 3 aromatic rings. The molecule has 1 amide bonds. The van der Waals surface area contributed by atoms with Crippen LogP contribution in [0.3, 0.4) is 0 Å². The van der Waals surface area contributed by atoms with Crippen LogP contribution in [0, 0.1) is 11.8 Å². The van der Waals surface area contributed by atoms with E-state index in [4.69, 9.17) is 14.2 Å². The Morgan fingerprint density at radius 1 is 1.10 bits per heavy atom. The number of amides is 1. The van der Waals surface area contributed by atoms with E-state index >= 15 is 0 Å². The standard InChI is InChI=1S/C30H32N2O6S3/c1-36-15-16-37-22-38-26(20-25-4-2-3-23(19-25)5-6-24-11-17-39-21-24)9-12-31-14-18-40-30(35)32(31)13-10-27-7-8-28(41-27)29(33)34/h2-4,7-8,11,14,17-19,21,26H,9-10,12-13,15-16,20,22H2,1H3,(H,33,34)/t26-/m1/s1. The summed E-state index contributed by atoms with van der Waals surface area (Å²) in [6.07, 6.45) is 3.62. The van der Waals surface area contributed by atoms with Gasteiger partial charge in [0.15, 0.2) is 0 Å². The van der Waals surface area contributed by atoms with Crippen molar-refractivity contribution in [2.24, 2.45) is 0 Å². The minimum absolute atomic E-state index is 0.0696. The first-order chi connectivity index (χ1) is 20.0. The molecule has 0 saturated carbocycles. The molecule has 1 aliphatic heterocycles. The molecule has 3 heterocycles. The van der Waals surface area contributed by atoms with E-state index in [1.165, 1.54) is 11.3 Å². The number of carbonyl (C=O) groups is 2. The summed E-state index contributed by atoms with van der Waals surface area (Å²) in [5, 5.41) is 18.6. The highest BCUT2D eigenvalue weighted by molar-refractivity contribution is 8.16. The molecule has 1 atom stereocenters. The van der Waals surface area contributed by atoms with Gasteiger partial charge in [0, 0.05) is 54.2 Å². The van der Waals surface area contributed by atoms with E-state index in [2.05, 4.69) is 24.0 Å². The lowest BCUT2D eigenvalue weighted by Gasteiger charge is -2.36. The fourth-order valence-corrected chi connectivity index (χ4v) is 6.11. The summed E-state index contributed by atoms with van der Waals surface area (Å²) < 4.78 is 16.8. The van der Waals surface area contributed by atoms with Crippen LogP contribution in [0.5, 0.6) is 0 Å². The highest BCUT2D eigenvalue weighted by Gasteiger charge is 2.24. The van der Waals surface area contributed by atoms with E-state index in [0.717, 1.165) is 33.3 Å². The molecule has 0 fully saturated rings. The van der Waals surface area contributed by atoms with Crippen LogP contribution in [0.2, 0.25) is 0 Å². The number of thiophene rings is 2. The van der Waals surface area contributed by atoms with Gasteiger partial charge >= 0.3 is 11.2 Å². The lowest BCUT2D eigenvalue weighted by Crippen LogP contribution is -2.45. The monoisotopic (exact) mass is 612 g/mol. The van der Waals surface area contributed by atoms with Crippen LogP contribution < -0.4 is 0 Å². The van der Waals surface area contributed by atoms with Crippen molar-refractivity contribution in [2.75, 3.05) is 40.2 Å². The fourth-order valence-electron chi connectivity index (χ4n) is 4.05. The Kier molecular flexibility index (Phi) is 12.3. The van der Waals surface area contributed by atoms with E-state index in [0.29, 0.717) is 50.4 Å². The Hall–Kier alpha value is -3.11. The molecule has 0 saturated heterocycles. The normalized spacial score (nSPS) is 13.7. The molecule has 41 heavy (non-hydrogen) atoms. The zero-order valence-corrected chi connectivity index (χ0v) is 25.1. The third-order valence-corrected chi connectivity index (χ3v) is 8.61. The molecule has 2 aromatic heterocycles. The highest BCUT2D eigenvalue weighted by Crippen LogP contribution is 2.23. The average molecular weight is 613 g/mol. The number of ether oxygens (including phenoxy) is 3. The SMILES string of the molecule is COCCOCO[C@H](CCN1C=CSC(=O)N1CCc1ccc(C(=O)O)s1)Cc1cccc(C#Cc2ccsc2)c1. The van der Waals surface area contributed by atoms with Crippen LogP contribution in [0.25, 0.3) is 0 Å². The van der Waals surface area contributed by atoms with Gasteiger partial charge in [0.1, 0.15) is 11.7 Å². The average Bonchev–Trinajstić information content (AvgIpc) is 3.67. The summed E-state index contributed by atoms with van der Waals surface area (Å²) in [6.45, 7) is 2.09. The minimum Gasteiger partial charge on any atom is -0.477 e. The number of benzene rings is 1. The number of aromatic carboxylic acids is 1. The Morgan fingerprint density at radius 2 is 1.98 bits per heavy atom. The number of hydrogen-bond acceptors (Lipinski definition) is 9. The molecule has 1 aliphatic rings. The molecule has 11 heteroatoms. The highest BCUT2D eigenvalue weighted by atomic mass is 32.2. The van der Waals surface area contributed by atoms with Crippen molar-refractivity contribution in [2.45, 2.75) is 25.4 Å². The number of carboxylic acids is 1. The van der Waals surface area contributed by atoms with Crippen molar-refractivity contribution in [3.8, 4) is 11.8 Å². The molecule has 0 aliphatic carbocycles. The van der Waals surface area contributed by atoms with Crippen molar-refractivity contribution in [3.05, 3.63) is 91.3 Å². The van der Waals surface area contributed by atoms with Crippen LogP contribution in [-0.4, -0.2) is 72.6 Å². The van der Waals surface area contributed by atoms with Gasteiger partial charge in [-0.3, -0.25) is 9.80 Å². The van der Waals surface area contributed by atoms with Crippen molar-refractivity contribution >= 4 is 45.6 Å². The van der Waals surface area contributed by atoms with Crippen molar-refractivity contribution in [1.82, 2.24) is 10.0 Å². The third-order valence-electron chi connectivity index (χ3n) is 6.13. The summed E-state index contributed by atoms with van der Waals surface area (Å²) in [4.78, 5) is 25.2. The lowest BCUT2D eigenvalue weighted by molar-refractivity contribution is -0.102. The number of hydrazine groups is 1. The van der Waals surface area contributed by atoms with E-state index < -0.39 is 5.97 Å². The van der Waals surface area contributed by atoms with Gasteiger partial charge in [0.2, 0.25) is 0 Å². The Balaban J connectivity index is 1.39. The van der Waals surface area contributed by atoms with Gasteiger partial charge in [0.05, 0.1) is 19.3 Å². The van der Waals surface area contributed by atoms with Crippen LogP contribution >= 0.6 is 34.4 Å². The molecule has 8 nitrogen and oxygen atoms in total. The predicted molar refractivity (Wildman–Crippen MR) is 163 cm³/mol. The molecule has 1 aromatic carbocycles. The summed E-state index contributed by atoms with van der Waals surface area (Å²) in [5.41, 5.74) is 3.05. The van der Waals surface area contributed by atoms with Gasteiger partial charge in [0.25, 0.3) is 0 Å². The van der Waals surface area contributed by atoms with Crippen LogP contribution in [-0.2, 0) is 27.1 Å². The quantitative estimate of drug-likeness (QED) is 0.128. The number of carboxylic acid groups (broad SMARTS) is 1. The first-order valence-corrected chi connectivity index (χ1v) is 15.7. The molecule has 0 radical (unpaired) electrons. The zero-order chi connectivity index (χ0) is 28.9. The molecule has 216 valence electrons. The number of methoxy groups -OCH3 is 1. The zero-order valence-electron chi connectivity index (χ0n) is 22.7. The van der Waals surface area contributed by atoms with E-state index in [-0.39, 0.29) is 18.1 Å². The summed E-state index contributed by atoms with van der Waals surface area (Å²) in [6, 6.07) is 13.6. The molecule has 0 spiro atoms. The lowest BCUT2D eigenvalue weighted by atomic mass is 10.0. The van der Waals surface area contributed by atoms with Gasteiger partial charge in [-0.15, -0.1) is 11.3 Å². The van der Waals surface area contributed by atoms with Gasteiger partial charge in [-0.1, -0.05) is 24.0 Å². The smallest absolute Gasteiger partial charge is 0.345 e. The second-order valence-electron chi connectivity index (χ2n) is 9.04. The molecule has 0 bridgehead atoms. The predicted octanol–water partition coefficient (Wildman–Crippen LogP) is 5.95. The Labute approximate surface area is 252 Å². The van der Waals surface area contributed by atoms with Gasteiger partial charge < -0.3 is 19.3 Å². The van der Waals surface area contributed by atoms with Crippen molar-refractivity contribution in [3.63, 3.8) is 0 Å². The molecular formula is C30H32N2O6S3. The summed E-state index contributed by atoms with van der Waals surface area (Å²) >= 11 is 4.00. The first-order valence-electron chi connectivity index (χ1n) is 13.1. The molecule has 0 unspecified atom stereocenters. The number of carbonyl (C=O) groups excluding carboxylic acids is 1. The van der Waals surface area contributed by atoms with Gasteiger partial charge in [-0.25, -0.2) is 9.80 Å². The molecule has 1 N–H and O–H groups in total. The maximum atomic E-state index is 12.8. The molecular weight excluding hydrogens is 581 g/mol. The Bertz CT molecular complexity index is 1360. The number of rotatable bonds is 15. The summed E-state index contributed by atoms with van der Waals surface area (Å²) in [5.74, 6) is 5.50. The fraction of sp³-hybridized carbons (Fsp3) is 0.333. The van der Waals surface area contributed by atoms with Gasteiger partial charge in [-0.05, 0) is 71.3 Å². The second kappa shape index (κ2) is 16.4. The second-order valence-corrected chi connectivity index (χ2v) is 11.8. The van der Waals surface area contributed by atoms with E-state index in [9.17, 15) is 14.7 Å². The number of nitrogens with zero attached hydrogens (tertiary/aromatic N) is 2. The summed E-state index contributed by atoms with van der Waals surface area (Å²) in [7, 11) is 1.63. The maximum Gasteiger partial charge on any atom is 0.345 e. The largest absolute Gasteiger partial charge is 0.477 e. The van der Waals surface area contributed by atoms with Crippen LogP contribution in [0.1, 0.15) is 37.7 Å².